The maximum absolute atomic E-state index is 12.3. The van der Waals surface area contributed by atoms with Gasteiger partial charge in [-0.2, -0.15) is 0 Å². The first-order valence-corrected chi connectivity index (χ1v) is 5.54. The lowest BCUT2D eigenvalue weighted by molar-refractivity contribution is -0.0347. The maximum atomic E-state index is 12.3. The van der Waals surface area contributed by atoms with Crippen molar-refractivity contribution < 1.29 is 13.5 Å². The molecule has 4 heteroatoms. The molecule has 1 aliphatic heterocycles. The van der Waals surface area contributed by atoms with Crippen molar-refractivity contribution in [3.8, 4) is 0 Å². The second kappa shape index (κ2) is 5.21. The standard InChI is InChI=1S/C11H21F2NO/c1-11(2,3)15-8-9-5-4-6-14(9)7-10(12)13/h9-10H,4-8H2,1-3H3/t9-/m0/s1. The van der Waals surface area contributed by atoms with Gasteiger partial charge in [-0.25, -0.2) is 8.78 Å². The van der Waals surface area contributed by atoms with Crippen LogP contribution in [0.5, 0.6) is 0 Å². The summed E-state index contributed by atoms with van der Waals surface area (Å²) in [6.45, 7) is 7.19. The zero-order valence-electron chi connectivity index (χ0n) is 9.80. The second-order valence-electron chi connectivity index (χ2n) is 5.11. The number of hydrogen-bond donors (Lipinski definition) is 0. The molecule has 0 aromatic carbocycles. The summed E-state index contributed by atoms with van der Waals surface area (Å²) in [4.78, 5) is 1.84. The zero-order chi connectivity index (χ0) is 11.5. The minimum Gasteiger partial charge on any atom is -0.374 e. The lowest BCUT2D eigenvalue weighted by Crippen LogP contribution is -2.38. The summed E-state index contributed by atoms with van der Waals surface area (Å²) >= 11 is 0. The minimum absolute atomic E-state index is 0.113. The van der Waals surface area contributed by atoms with Crippen molar-refractivity contribution in [3.63, 3.8) is 0 Å². The molecule has 1 saturated heterocycles. The van der Waals surface area contributed by atoms with Crippen LogP contribution in [-0.2, 0) is 4.74 Å². The molecule has 90 valence electrons. The van der Waals surface area contributed by atoms with E-state index < -0.39 is 6.43 Å². The topological polar surface area (TPSA) is 12.5 Å². The number of likely N-dealkylation sites (tertiary alicyclic amines) is 1. The summed E-state index contributed by atoms with van der Waals surface area (Å²) in [5, 5.41) is 0. The molecule has 0 bridgehead atoms. The van der Waals surface area contributed by atoms with Crippen molar-refractivity contribution in [3.05, 3.63) is 0 Å². The molecule has 0 unspecified atom stereocenters. The molecule has 1 atom stereocenters. The molecule has 0 aliphatic carbocycles. The van der Waals surface area contributed by atoms with Crippen LogP contribution >= 0.6 is 0 Å². The first kappa shape index (κ1) is 12.8. The van der Waals surface area contributed by atoms with E-state index in [2.05, 4.69) is 0 Å². The van der Waals surface area contributed by atoms with E-state index in [4.69, 9.17) is 4.74 Å². The monoisotopic (exact) mass is 221 g/mol. The molecule has 0 spiro atoms. The summed E-state index contributed by atoms with van der Waals surface area (Å²) in [5.74, 6) is 0. The summed E-state index contributed by atoms with van der Waals surface area (Å²) in [6, 6.07) is 0.179. The van der Waals surface area contributed by atoms with Gasteiger partial charge >= 0.3 is 0 Å². The van der Waals surface area contributed by atoms with Gasteiger partial charge in [0.15, 0.2) is 0 Å². The van der Waals surface area contributed by atoms with Crippen molar-refractivity contribution in [2.24, 2.45) is 0 Å². The van der Waals surface area contributed by atoms with Gasteiger partial charge in [0.1, 0.15) is 0 Å². The SMILES string of the molecule is CC(C)(C)OC[C@@H]1CCCN1CC(F)F. The lowest BCUT2D eigenvalue weighted by atomic mass is 10.2. The molecule has 1 heterocycles. The van der Waals surface area contributed by atoms with Gasteiger partial charge in [-0.3, -0.25) is 4.90 Å². The maximum Gasteiger partial charge on any atom is 0.251 e. The molecule has 2 nitrogen and oxygen atoms in total. The number of hydrogen-bond acceptors (Lipinski definition) is 2. The van der Waals surface area contributed by atoms with Crippen LogP contribution in [0.2, 0.25) is 0 Å². The second-order valence-corrected chi connectivity index (χ2v) is 5.11. The van der Waals surface area contributed by atoms with E-state index in [0.29, 0.717) is 6.61 Å². The molecule has 0 amide bonds. The summed E-state index contributed by atoms with van der Waals surface area (Å²) < 4.78 is 30.1. The van der Waals surface area contributed by atoms with Crippen LogP contribution in [0.4, 0.5) is 8.78 Å². The fraction of sp³-hybridized carbons (Fsp3) is 1.00. The van der Waals surface area contributed by atoms with E-state index in [9.17, 15) is 8.78 Å². The first-order chi connectivity index (χ1) is 6.88. The smallest absolute Gasteiger partial charge is 0.251 e. The highest BCUT2D eigenvalue weighted by atomic mass is 19.3. The zero-order valence-corrected chi connectivity index (χ0v) is 9.80. The Labute approximate surface area is 90.6 Å². The quantitative estimate of drug-likeness (QED) is 0.723. The minimum atomic E-state index is -2.24. The van der Waals surface area contributed by atoms with E-state index in [0.717, 1.165) is 19.4 Å². The Morgan fingerprint density at radius 3 is 2.60 bits per heavy atom. The Kier molecular flexibility index (Phi) is 4.46. The third-order valence-corrected chi connectivity index (χ3v) is 2.58. The number of halogens is 2. The Morgan fingerprint density at radius 2 is 2.07 bits per heavy atom. The van der Waals surface area contributed by atoms with Crippen LogP contribution in [0.15, 0.2) is 0 Å². The number of alkyl halides is 2. The summed E-state index contributed by atoms with van der Waals surface area (Å²) in [5.41, 5.74) is -0.181. The van der Waals surface area contributed by atoms with E-state index in [1.807, 2.05) is 25.7 Å². The first-order valence-electron chi connectivity index (χ1n) is 5.54. The molecule has 0 aromatic rings. The summed E-state index contributed by atoms with van der Waals surface area (Å²) in [6.07, 6.45) is -0.256. The van der Waals surface area contributed by atoms with Crippen LogP contribution in [0.3, 0.4) is 0 Å². The van der Waals surface area contributed by atoms with Crippen LogP contribution in [0.25, 0.3) is 0 Å². The van der Waals surface area contributed by atoms with Gasteiger partial charge in [0.05, 0.1) is 18.8 Å². The molecule has 1 aliphatic rings. The molecule has 15 heavy (non-hydrogen) atoms. The highest BCUT2D eigenvalue weighted by Crippen LogP contribution is 2.20. The average Bonchev–Trinajstić information content (AvgIpc) is 2.46. The molecule has 0 N–H and O–H groups in total. The van der Waals surface area contributed by atoms with E-state index in [1.165, 1.54) is 0 Å². The fourth-order valence-corrected chi connectivity index (χ4v) is 1.85. The third kappa shape index (κ3) is 4.89. The van der Waals surface area contributed by atoms with E-state index in [-0.39, 0.29) is 18.2 Å². The van der Waals surface area contributed by atoms with Crippen molar-refractivity contribution in [1.29, 1.82) is 0 Å². The predicted octanol–water partition coefficient (Wildman–Crippen LogP) is 2.53. The number of nitrogens with zero attached hydrogens (tertiary/aromatic N) is 1. The lowest BCUT2D eigenvalue weighted by Gasteiger charge is -2.27. The Morgan fingerprint density at radius 1 is 1.40 bits per heavy atom. The normalized spacial score (nSPS) is 24.0. The van der Waals surface area contributed by atoms with Gasteiger partial charge in [-0.05, 0) is 40.2 Å². The van der Waals surface area contributed by atoms with Crippen molar-refractivity contribution >= 4 is 0 Å². The van der Waals surface area contributed by atoms with Gasteiger partial charge in [-0.15, -0.1) is 0 Å². The van der Waals surface area contributed by atoms with E-state index in [1.54, 1.807) is 0 Å². The van der Waals surface area contributed by atoms with Crippen LogP contribution in [0.1, 0.15) is 33.6 Å². The average molecular weight is 221 g/mol. The molecule has 0 radical (unpaired) electrons. The Balaban J connectivity index is 2.33. The van der Waals surface area contributed by atoms with Gasteiger partial charge < -0.3 is 4.74 Å². The van der Waals surface area contributed by atoms with Gasteiger partial charge in [0.2, 0.25) is 0 Å². The highest BCUT2D eigenvalue weighted by molar-refractivity contribution is 4.80. The largest absolute Gasteiger partial charge is 0.374 e. The van der Waals surface area contributed by atoms with Crippen LogP contribution < -0.4 is 0 Å². The van der Waals surface area contributed by atoms with Crippen LogP contribution in [-0.4, -0.2) is 42.7 Å². The highest BCUT2D eigenvalue weighted by Gasteiger charge is 2.28. The number of ether oxygens (including phenoxy) is 1. The van der Waals surface area contributed by atoms with Gasteiger partial charge in [0.25, 0.3) is 6.43 Å². The van der Waals surface area contributed by atoms with Gasteiger partial charge in [-0.1, -0.05) is 0 Å². The molecule has 0 aromatic heterocycles. The predicted molar refractivity (Wildman–Crippen MR) is 56.3 cm³/mol. The number of rotatable bonds is 4. The molecule has 1 rings (SSSR count). The van der Waals surface area contributed by atoms with Crippen LogP contribution in [0, 0.1) is 0 Å². The van der Waals surface area contributed by atoms with E-state index >= 15 is 0 Å². The van der Waals surface area contributed by atoms with Gasteiger partial charge in [0, 0.05) is 6.04 Å². The molecule has 1 fully saturated rings. The molecular formula is C11H21F2NO. The molecular weight excluding hydrogens is 200 g/mol. The fourth-order valence-electron chi connectivity index (χ4n) is 1.85. The Hall–Kier alpha value is -0.220. The third-order valence-electron chi connectivity index (χ3n) is 2.58. The van der Waals surface area contributed by atoms with Crippen molar-refractivity contribution in [2.45, 2.75) is 51.7 Å². The summed E-state index contributed by atoms with van der Waals surface area (Å²) in [7, 11) is 0. The Bertz CT molecular complexity index is 192. The van der Waals surface area contributed by atoms with Crippen molar-refractivity contribution in [1.82, 2.24) is 4.90 Å². The molecule has 0 saturated carbocycles. The van der Waals surface area contributed by atoms with Crippen molar-refractivity contribution in [2.75, 3.05) is 19.7 Å².